The van der Waals surface area contributed by atoms with E-state index < -0.39 is 0 Å². The Morgan fingerprint density at radius 2 is 2.00 bits per heavy atom. The maximum absolute atomic E-state index is 8.21. The summed E-state index contributed by atoms with van der Waals surface area (Å²) in [5.41, 5.74) is 9.26. The minimum atomic E-state index is -0.0769. The topological polar surface area (TPSA) is 48.8 Å². The number of nitrogens with zero attached hydrogens (tertiary/aromatic N) is 3. The van der Waals surface area contributed by atoms with E-state index in [4.69, 9.17) is 5.53 Å². The molecular weight excluding hydrogens is 265 g/mol. The van der Waals surface area contributed by atoms with Gasteiger partial charge in [0.1, 0.15) is 0 Å². The van der Waals surface area contributed by atoms with E-state index in [1.807, 2.05) is 31.2 Å². The van der Waals surface area contributed by atoms with E-state index in [1.165, 1.54) is 3.57 Å². The third-order valence-corrected chi connectivity index (χ3v) is 2.30. The molecule has 0 aliphatic carbocycles. The highest BCUT2D eigenvalue weighted by Gasteiger charge is 2.00. The molecule has 4 heteroatoms. The number of hydrogen-bond acceptors (Lipinski definition) is 1. The van der Waals surface area contributed by atoms with Crippen LogP contribution in [0.3, 0.4) is 0 Å². The summed E-state index contributed by atoms with van der Waals surface area (Å²) in [5.74, 6) is 0. The highest BCUT2D eigenvalue weighted by molar-refractivity contribution is 14.1. The molecule has 0 spiro atoms. The molecule has 0 bridgehead atoms. The van der Waals surface area contributed by atoms with E-state index in [0.717, 1.165) is 5.56 Å². The quantitative estimate of drug-likeness (QED) is 0.342. The van der Waals surface area contributed by atoms with Crippen LogP contribution < -0.4 is 0 Å². The second kappa shape index (κ2) is 4.33. The summed E-state index contributed by atoms with van der Waals surface area (Å²) in [7, 11) is 0. The lowest BCUT2D eigenvalue weighted by atomic mass is 10.1. The third-order valence-electron chi connectivity index (χ3n) is 1.58. The first-order valence-electron chi connectivity index (χ1n) is 3.53. The lowest BCUT2D eigenvalue weighted by Crippen LogP contribution is -1.87. The Labute approximate surface area is 84.6 Å². The Morgan fingerprint density at radius 3 is 2.50 bits per heavy atom. The minimum absolute atomic E-state index is 0.0769. The van der Waals surface area contributed by atoms with Crippen LogP contribution in [0.15, 0.2) is 29.4 Å². The van der Waals surface area contributed by atoms with Gasteiger partial charge in [0.25, 0.3) is 0 Å². The maximum Gasteiger partial charge on any atom is 0.0597 e. The summed E-state index contributed by atoms with van der Waals surface area (Å²) in [5, 5.41) is 3.60. The summed E-state index contributed by atoms with van der Waals surface area (Å²) >= 11 is 2.24. The fraction of sp³-hybridized carbons (Fsp3) is 0.250. The van der Waals surface area contributed by atoms with E-state index in [9.17, 15) is 0 Å². The first-order valence-corrected chi connectivity index (χ1v) is 4.61. The molecule has 1 unspecified atom stereocenters. The molecule has 12 heavy (non-hydrogen) atoms. The van der Waals surface area contributed by atoms with Crippen LogP contribution in [0, 0.1) is 3.57 Å². The van der Waals surface area contributed by atoms with Crippen molar-refractivity contribution in [3.8, 4) is 0 Å². The molecule has 1 rings (SSSR count). The number of benzene rings is 1. The van der Waals surface area contributed by atoms with Gasteiger partial charge in [0.15, 0.2) is 0 Å². The van der Waals surface area contributed by atoms with Crippen LogP contribution >= 0.6 is 22.6 Å². The summed E-state index contributed by atoms with van der Waals surface area (Å²) in [6.45, 7) is 1.88. The molecule has 0 aromatic heterocycles. The van der Waals surface area contributed by atoms with Gasteiger partial charge in [0, 0.05) is 8.48 Å². The fourth-order valence-electron chi connectivity index (χ4n) is 0.885. The van der Waals surface area contributed by atoms with Crippen LogP contribution in [0.25, 0.3) is 10.4 Å². The molecule has 0 radical (unpaired) electrons. The lowest BCUT2D eigenvalue weighted by Gasteiger charge is -2.03. The highest BCUT2D eigenvalue weighted by Crippen LogP contribution is 2.17. The summed E-state index contributed by atoms with van der Waals surface area (Å²) < 4.78 is 1.18. The van der Waals surface area contributed by atoms with Gasteiger partial charge in [-0.2, -0.15) is 0 Å². The van der Waals surface area contributed by atoms with E-state index in [1.54, 1.807) is 0 Å². The SMILES string of the molecule is CC(N=[N+]=[N-])c1ccc(I)cc1. The Morgan fingerprint density at radius 1 is 1.42 bits per heavy atom. The Bertz CT molecular complexity index is 301. The van der Waals surface area contributed by atoms with Crippen molar-refractivity contribution in [2.24, 2.45) is 5.11 Å². The Balaban J connectivity index is 2.89. The van der Waals surface area contributed by atoms with Crippen LogP contribution in [-0.4, -0.2) is 0 Å². The number of azide groups is 1. The summed E-state index contributed by atoms with van der Waals surface area (Å²) in [6.07, 6.45) is 0. The second-order valence-electron chi connectivity index (χ2n) is 2.43. The normalized spacial score (nSPS) is 11.8. The molecule has 0 aliphatic rings. The van der Waals surface area contributed by atoms with Crippen LogP contribution in [0.2, 0.25) is 0 Å². The van der Waals surface area contributed by atoms with Crippen molar-refractivity contribution >= 4 is 22.6 Å². The standard InChI is InChI=1S/C8H8IN3/c1-6(11-12-10)7-2-4-8(9)5-3-7/h2-6H,1H3. The van der Waals surface area contributed by atoms with Gasteiger partial charge < -0.3 is 0 Å². The smallest absolute Gasteiger partial charge is 0.0597 e. The van der Waals surface area contributed by atoms with Gasteiger partial charge in [-0.25, -0.2) is 0 Å². The molecule has 3 nitrogen and oxygen atoms in total. The van der Waals surface area contributed by atoms with Crippen LogP contribution in [0.1, 0.15) is 18.5 Å². The second-order valence-corrected chi connectivity index (χ2v) is 3.68. The van der Waals surface area contributed by atoms with Gasteiger partial charge in [-0.1, -0.05) is 24.2 Å². The molecule has 0 amide bonds. The minimum Gasteiger partial charge on any atom is -0.0862 e. The van der Waals surface area contributed by atoms with Gasteiger partial charge in [0.2, 0.25) is 0 Å². The molecule has 0 aliphatic heterocycles. The molecule has 0 fully saturated rings. The summed E-state index contributed by atoms with van der Waals surface area (Å²) in [4.78, 5) is 2.76. The molecule has 62 valence electrons. The zero-order valence-electron chi connectivity index (χ0n) is 6.61. The van der Waals surface area contributed by atoms with Gasteiger partial charge in [-0.15, -0.1) is 0 Å². The van der Waals surface area contributed by atoms with E-state index in [2.05, 4.69) is 32.6 Å². The van der Waals surface area contributed by atoms with Crippen LogP contribution in [0.5, 0.6) is 0 Å². The van der Waals surface area contributed by atoms with Crippen molar-refractivity contribution < 1.29 is 0 Å². The first kappa shape index (κ1) is 9.35. The molecule has 1 atom stereocenters. The zero-order chi connectivity index (χ0) is 8.97. The molecular formula is C8H8IN3. The van der Waals surface area contributed by atoms with Crippen LogP contribution in [-0.2, 0) is 0 Å². The van der Waals surface area contributed by atoms with Crippen molar-refractivity contribution in [2.45, 2.75) is 13.0 Å². The van der Waals surface area contributed by atoms with Crippen LogP contribution in [0.4, 0.5) is 0 Å². The van der Waals surface area contributed by atoms with Crippen molar-refractivity contribution in [3.63, 3.8) is 0 Å². The monoisotopic (exact) mass is 273 g/mol. The number of halogens is 1. The van der Waals surface area contributed by atoms with Crippen molar-refractivity contribution in [2.75, 3.05) is 0 Å². The lowest BCUT2D eigenvalue weighted by molar-refractivity contribution is 0.807. The average molecular weight is 273 g/mol. The average Bonchev–Trinajstić information content (AvgIpc) is 2.06. The molecule has 1 aromatic rings. The van der Waals surface area contributed by atoms with E-state index in [0.29, 0.717) is 0 Å². The van der Waals surface area contributed by atoms with Gasteiger partial charge in [0.05, 0.1) is 6.04 Å². The summed E-state index contributed by atoms with van der Waals surface area (Å²) in [6, 6.07) is 7.87. The molecule has 0 saturated heterocycles. The van der Waals surface area contributed by atoms with Crippen molar-refractivity contribution in [3.05, 3.63) is 43.8 Å². The van der Waals surface area contributed by atoms with E-state index in [-0.39, 0.29) is 6.04 Å². The molecule has 0 saturated carbocycles. The Hall–Kier alpha value is -0.740. The van der Waals surface area contributed by atoms with E-state index >= 15 is 0 Å². The van der Waals surface area contributed by atoms with Gasteiger partial charge in [-0.3, -0.25) is 0 Å². The predicted octanol–water partition coefficient (Wildman–Crippen LogP) is 3.66. The van der Waals surface area contributed by atoms with Gasteiger partial charge >= 0.3 is 0 Å². The fourth-order valence-corrected chi connectivity index (χ4v) is 1.25. The Kier molecular flexibility index (Phi) is 3.37. The third kappa shape index (κ3) is 2.39. The highest BCUT2D eigenvalue weighted by atomic mass is 127. The number of rotatable bonds is 2. The first-order chi connectivity index (χ1) is 5.74. The van der Waals surface area contributed by atoms with Crippen molar-refractivity contribution in [1.29, 1.82) is 0 Å². The maximum atomic E-state index is 8.21. The molecule has 0 heterocycles. The zero-order valence-corrected chi connectivity index (χ0v) is 8.76. The molecule has 0 N–H and O–H groups in total. The number of hydrogen-bond donors (Lipinski definition) is 0. The largest absolute Gasteiger partial charge is 0.0862 e. The van der Waals surface area contributed by atoms with Gasteiger partial charge in [-0.05, 0) is 45.8 Å². The van der Waals surface area contributed by atoms with Crippen molar-refractivity contribution in [1.82, 2.24) is 0 Å². The molecule has 1 aromatic carbocycles. The predicted molar refractivity (Wildman–Crippen MR) is 56.7 cm³/mol.